The summed E-state index contributed by atoms with van der Waals surface area (Å²) in [6.07, 6.45) is 4.97. The Balaban J connectivity index is 1.77. The summed E-state index contributed by atoms with van der Waals surface area (Å²) in [4.78, 5) is 41.1. The van der Waals surface area contributed by atoms with Crippen LogP contribution in [0.3, 0.4) is 0 Å². The van der Waals surface area contributed by atoms with Crippen LogP contribution in [0.2, 0.25) is 5.02 Å². The average Bonchev–Trinajstić information content (AvgIpc) is 3.19. The SMILES string of the molecule is O=C(NNc1ncnc(NC2CCCC2)c1[N+](=O)[O-])c1ccc(Cl)c([N+](=O)[O-])c1. The summed E-state index contributed by atoms with van der Waals surface area (Å²) in [5, 5.41) is 25.4. The molecule has 13 heteroatoms. The molecular weight excluding hydrogens is 406 g/mol. The first-order valence-corrected chi connectivity index (χ1v) is 9.01. The molecule has 0 radical (unpaired) electrons. The lowest BCUT2D eigenvalue weighted by atomic mass is 10.2. The molecular formula is C16H16ClN7O5. The third-order valence-corrected chi connectivity index (χ3v) is 4.72. The Bertz CT molecular complexity index is 965. The van der Waals surface area contributed by atoms with Crippen LogP contribution in [-0.2, 0) is 0 Å². The number of aromatic nitrogens is 2. The molecule has 1 amide bonds. The number of hydrazine groups is 1. The molecule has 1 aliphatic rings. The van der Waals surface area contributed by atoms with Gasteiger partial charge in [0.2, 0.25) is 11.6 Å². The molecule has 152 valence electrons. The lowest BCUT2D eigenvalue weighted by Crippen LogP contribution is -2.30. The van der Waals surface area contributed by atoms with E-state index in [2.05, 4.69) is 26.1 Å². The fraction of sp³-hybridized carbons (Fsp3) is 0.312. The topological polar surface area (TPSA) is 165 Å². The third kappa shape index (κ3) is 4.66. The van der Waals surface area contributed by atoms with E-state index < -0.39 is 27.1 Å². The number of rotatable bonds is 7. The van der Waals surface area contributed by atoms with E-state index in [-0.39, 0.29) is 28.3 Å². The van der Waals surface area contributed by atoms with Crippen LogP contribution < -0.4 is 16.2 Å². The number of carbonyl (C=O) groups is 1. The Hall–Kier alpha value is -3.54. The highest BCUT2D eigenvalue weighted by molar-refractivity contribution is 6.32. The van der Waals surface area contributed by atoms with Crippen molar-refractivity contribution in [3.63, 3.8) is 0 Å². The smallest absolute Gasteiger partial charge is 0.354 e. The van der Waals surface area contributed by atoms with E-state index in [0.29, 0.717) is 0 Å². The number of halogens is 1. The van der Waals surface area contributed by atoms with Gasteiger partial charge in [0.05, 0.1) is 9.85 Å². The molecule has 2 aromatic rings. The van der Waals surface area contributed by atoms with E-state index in [1.54, 1.807) is 0 Å². The molecule has 0 atom stereocenters. The van der Waals surface area contributed by atoms with Gasteiger partial charge in [0.15, 0.2) is 0 Å². The minimum atomic E-state index is -0.761. The largest absolute Gasteiger partial charge is 0.361 e. The highest BCUT2D eigenvalue weighted by Gasteiger charge is 2.26. The van der Waals surface area contributed by atoms with Crippen molar-refractivity contribution in [2.24, 2.45) is 0 Å². The van der Waals surface area contributed by atoms with Gasteiger partial charge in [-0.15, -0.1) is 0 Å². The second-order valence-corrected chi connectivity index (χ2v) is 6.71. The summed E-state index contributed by atoms with van der Waals surface area (Å²) < 4.78 is 0. The monoisotopic (exact) mass is 421 g/mol. The number of benzene rings is 1. The van der Waals surface area contributed by atoms with Gasteiger partial charge in [0.1, 0.15) is 11.3 Å². The van der Waals surface area contributed by atoms with Crippen molar-refractivity contribution < 1.29 is 14.6 Å². The molecule has 3 N–H and O–H groups in total. The molecule has 1 heterocycles. The Morgan fingerprint density at radius 2 is 1.79 bits per heavy atom. The van der Waals surface area contributed by atoms with Crippen molar-refractivity contribution in [1.82, 2.24) is 15.4 Å². The predicted molar refractivity (Wildman–Crippen MR) is 104 cm³/mol. The summed E-state index contributed by atoms with van der Waals surface area (Å²) >= 11 is 5.72. The summed E-state index contributed by atoms with van der Waals surface area (Å²) in [7, 11) is 0. The molecule has 0 bridgehead atoms. The fourth-order valence-electron chi connectivity index (χ4n) is 2.99. The molecule has 1 fully saturated rings. The van der Waals surface area contributed by atoms with Crippen LogP contribution in [0, 0.1) is 20.2 Å². The first-order chi connectivity index (χ1) is 13.9. The Morgan fingerprint density at radius 1 is 1.10 bits per heavy atom. The minimum absolute atomic E-state index is 0.0516. The second-order valence-electron chi connectivity index (χ2n) is 6.30. The van der Waals surface area contributed by atoms with Gasteiger partial charge in [0, 0.05) is 17.7 Å². The molecule has 12 nitrogen and oxygen atoms in total. The molecule has 0 saturated heterocycles. The molecule has 29 heavy (non-hydrogen) atoms. The number of anilines is 2. The average molecular weight is 422 g/mol. The molecule has 0 unspecified atom stereocenters. The van der Waals surface area contributed by atoms with E-state index in [9.17, 15) is 25.0 Å². The van der Waals surface area contributed by atoms with Gasteiger partial charge in [-0.25, -0.2) is 9.97 Å². The summed E-state index contributed by atoms with van der Waals surface area (Å²) in [6.45, 7) is 0. The first-order valence-electron chi connectivity index (χ1n) is 8.63. The lowest BCUT2D eigenvalue weighted by Gasteiger charge is -2.14. The maximum atomic E-state index is 12.3. The number of hydrogen-bond acceptors (Lipinski definition) is 9. The van der Waals surface area contributed by atoms with Crippen LogP contribution in [0.4, 0.5) is 23.0 Å². The van der Waals surface area contributed by atoms with Crippen LogP contribution in [0.1, 0.15) is 36.0 Å². The highest BCUT2D eigenvalue weighted by atomic mass is 35.5. The second kappa shape index (κ2) is 8.65. The zero-order valence-corrected chi connectivity index (χ0v) is 15.7. The molecule has 1 aromatic heterocycles. The highest BCUT2D eigenvalue weighted by Crippen LogP contribution is 2.31. The van der Waals surface area contributed by atoms with Crippen molar-refractivity contribution in [2.45, 2.75) is 31.7 Å². The summed E-state index contributed by atoms with van der Waals surface area (Å²) in [5.74, 6) is -0.930. The molecule has 1 aromatic carbocycles. The number of nitrogens with one attached hydrogen (secondary N) is 3. The maximum absolute atomic E-state index is 12.3. The van der Waals surface area contributed by atoms with Gasteiger partial charge < -0.3 is 5.32 Å². The standard InChI is InChI=1S/C16H16ClN7O5/c17-11-6-5-9(7-12(11)23(26)27)16(25)22-21-15-13(24(28)29)14(18-8-19-15)20-10-3-1-2-4-10/h5-8,10H,1-4H2,(H,22,25)(H2,18,19,20,21). The van der Waals surface area contributed by atoms with E-state index in [4.69, 9.17) is 11.6 Å². The number of hydrogen-bond donors (Lipinski definition) is 3. The van der Waals surface area contributed by atoms with Crippen molar-refractivity contribution in [3.05, 3.63) is 55.3 Å². The molecule has 3 rings (SSSR count). The predicted octanol–water partition coefficient (Wildman–Crippen LogP) is 3.06. The number of nitro benzene ring substituents is 1. The van der Waals surface area contributed by atoms with Gasteiger partial charge in [-0.1, -0.05) is 24.4 Å². The Labute approximate surface area is 169 Å². The van der Waals surface area contributed by atoms with Gasteiger partial charge in [-0.2, -0.15) is 0 Å². The van der Waals surface area contributed by atoms with Crippen LogP contribution in [-0.4, -0.2) is 31.8 Å². The maximum Gasteiger partial charge on any atom is 0.354 e. The fourth-order valence-corrected chi connectivity index (χ4v) is 3.18. The number of amides is 1. The number of nitrogens with zero attached hydrogens (tertiary/aromatic N) is 4. The quantitative estimate of drug-likeness (QED) is 0.449. The van der Waals surface area contributed by atoms with E-state index in [0.717, 1.165) is 38.1 Å². The third-order valence-electron chi connectivity index (χ3n) is 4.40. The van der Waals surface area contributed by atoms with Crippen LogP contribution in [0.15, 0.2) is 24.5 Å². The molecule has 1 saturated carbocycles. The van der Waals surface area contributed by atoms with Crippen LogP contribution >= 0.6 is 11.6 Å². The van der Waals surface area contributed by atoms with Crippen molar-refractivity contribution in [3.8, 4) is 0 Å². The minimum Gasteiger partial charge on any atom is -0.361 e. The Kier molecular flexibility index (Phi) is 6.02. The molecule has 1 aliphatic carbocycles. The van der Waals surface area contributed by atoms with Crippen molar-refractivity contribution in [1.29, 1.82) is 0 Å². The van der Waals surface area contributed by atoms with Crippen LogP contribution in [0.25, 0.3) is 0 Å². The van der Waals surface area contributed by atoms with Gasteiger partial charge in [-0.3, -0.25) is 35.9 Å². The van der Waals surface area contributed by atoms with Crippen LogP contribution in [0.5, 0.6) is 0 Å². The summed E-state index contributed by atoms with van der Waals surface area (Å²) in [5.41, 5.74) is 3.72. The van der Waals surface area contributed by atoms with E-state index in [1.807, 2.05) is 0 Å². The van der Waals surface area contributed by atoms with Gasteiger partial charge in [-0.05, 0) is 25.0 Å². The Morgan fingerprint density at radius 3 is 2.45 bits per heavy atom. The van der Waals surface area contributed by atoms with Crippen molar-refractivity contribution in [2.75, 3.05) is 10.7 Å². The zero-order chi connectivity index (χ0) is 21.0. The van der Waals surface area contributed by atoms with E-state index >= 15 is 0 Å². The number of carbonyl (C=O) groups excluding carboxylic acids is 1. The normalized spacial score (nSPS) is 13.7. The molecule has 0 aliphatic heterocycles. The lowest BCUT2D eigenvalue weighted by molar-refractivity contribution is -0.384. The number of nitro groups is 2. The van der Waals surface area contributed by atoms with E-state index in [1.165, 1.54) is 12.1 Å². The van der Waals surface area contributed by atoms with Gasteiger partial charge >= 0.3 is 5.69 Å². The zero-order valence-electron chi connectivity index (χ0n) is 14.9. The molecule has 0 spiro atoms. The van der Waals surface area contributed by atoms with Gasteiger partial charge in [0.25, 0.3) is 11.6 Å². The first kappa shape index (κ1) is 20.2. The summed E-state index contributed by atoms with van der Waals surface area (Å²) in [6, 6.07) is 3.58. The van der Waals surface area contributed by atoms with Crippen molar-refractivity contribution >= 4 is 40.5 Å².